The first-order valence-corrected chi connectivity index (χ1v) is 5.69. The maximum Gasteiger partial charge on any atom is 0.334 e. The quantitative estimate of drug-likeness (QED) is 0.604. The van der Waals surface area contributed by atoms with Crippen molar-refractivity contribution in [3.63, 3.8) is 0 Å². The van der Waals surface area contributed by atoms with Gasteiger partial charge in [-0.15, -0.1) is 0 Å². The van der Waals surface area contributed by atoms with Crippen LogP contribution in [0, 0.1) is 17.0 Å². The minimum Gasteiger partial charge on any atom is -0.339 e. The van der Waals surface area contributed by atoms with Gasteiger partial charge in [-0.2, -0.15) is 4.98 Å². The van der Waals surface area contributed by atoms with Gasteiger partial charge in [-0.1, -0.05) is 12.1 Å². The minimum atomic E-state index is -0.702. The summed E-state index contributed by atoms with van der Waals surface area (Å²) in [7, 11) is 0. The predicted octanol–water partition coefficient (Wildman–Crippen LogP) is 1.06. The molecule has 2 rings (SSSR count). The molecule has 0 bridgehead atoms. The van der Waals surface area contributed by atoms with Gasteiger partial charge in [-0.25, -0.2) is 0 Å². The highest BCUT2D eigenvalue weighted by Gasteiger charge is 2.17. The summed E-state index contributed by atoms with van der Waals surface area (Å²) in [4.78, 5) is 26.0. The molecule has 0 aliphatic heterocycles. The number of nitro groups is 1. The molecule has 0 N–H and O–H groups in total. The highest BCUT2D eigenvalue weighted by Crippen LogP contribution is 2.07. The van der Waals surface area contributed by atoms with E-state index < -0.39 is 16.2 Å². The molecule has 0 atom stereocenters. The SMILES string of the molecule is CCc1nc(Cn2c(C)ccc([N+](=O)[O-])c2=O)no1. The molecule has 2 aromatic heterocycles. The minimum absolute atomic E-state index is 0.0514. The Hall–Kier alpha value is -2.51. The molecule has 0 unspecified atom stereocenters. The van der Waals surface area contributed by atoms with Crippen LogP contribution in [0.2, 0.25) is 0 Å². The third-order valence-corrected chi connectivity index (χ3v) is 2.68. The van der Waals surface area contributed by atoms with Crippen molar-refractivity contribution in [1.29, 1.82) is 0 Å². The van der Waals surface area contributed by atoms with Gasteiger partial charge in [0, 0.05) is 18.2 Å². The van der Waals surface area contributed by atoms with Crippen molar-refractivity contribution in [3.8, 4) is 0 Å². The van der Waals surface area contributed by atoms with E-state index in [1.807, 2.05) is 6.92 Å². The Kier molecular flexibility index (Phi) is 3.41. The average molecular weight is 264 g/mol. The van der Waals surface area contributed by atoms with Crippen molar-refractivity contribution in [3.05, 3.63) is 50.0 Å². The molecule has 0 aromatic carbocycles. The van der Waals surface area contributed by atoms with Crippen molar-refractivity contribution in [1.82, 2.24) is 14.7 Å². The Morgan fingerprint density at radius 1 is 1.47 bits per heavy atom. The van der Waals surface area contributed by atoms with Crippen LogP contribution in [-0.4, -0.2) is 19.6 Å². The van der Waals surface area contributed by atoms with E-state index in [4.69, 9.17) is 4.52 Å². The molecular weight excluding hydrogens is 252 g/mol. The molecule has 0 radical (unpaired) electrons. The van der Waals surface area contributed by atoms with E-state index in [1.54, 1.807) is 6.92 Å². The van der Waals surface area contributed by atoms with E-state index in [2.05, 4.69) is 10.1 Å². The summed E-state index contributed by atoms with van der Waals surface area (Å²) in [5.74, 6) is 0.786. The third-order valence-electron chi connectivity index (χ3n) is 2.68. The highest BCUT2D eigenvalue weighted by atomic mass is 16.6. The van der Waals surface area contributed by atoms with Crippen LogP contribution >= 0.6 is 0 Å². The fourth-order valence-electron chi connectivity index (χ4n) is 1.63. The number of rotatable bonds is 4. The molecule has 0 saturated heterocycles. The van der Waals surface area contributed by atoms with Gasteiger partial charge in [0.2, 0.25) is 5.89 Å². The average Bonchev–Trinajstić information content (AvgIpc) is 2.81. The second-order valence-electron chi connectivity index (χ2n) is 3.97. The number of hydrogen-bond acceptors (Lipinski definition) is 6. The normalized spacial score (nSPS) is 10.6. The van der Waals surface area contributed by atoms with Gasteiger partial charge in [-0.05, 0) is 13.0 Å². The van der Waals surface area contributed by atoms with E-state index in [1.165, 1.54) is 16.7 Å². The molecular formula is C11H12N4O4. The van der Waals surface area contributed by atoms with Gasteiger partial charge < -0.3 is 4.52 Å². The van der Waals surface area contributed by atoms with Crippen LogP contribution in [-0.2, 0) is 13.0 Å². The molecule has 8 nitrogen and oxygen atoms in total. The molecule has 8 heteroatoms. The van der Waals surface area contributed by atoms with E-state index in [0.717, 1.165) is 0 Å². The summed E-state index contributed by atoms with van der Waals surface area (Å²) in [5.41, 5.74) is -0.545. The van der Waals surface area contributed by atoms with Crippen LogP contribution < -0.4 is 5.56 Å². The zero-order valence-electron chi connectivity index (χ0n) is 10.5. The first kappa shape index (κ1) is 12.9. The Bertz CT molecular complexity index is 674. The van der Waals surface area contributed by atoms with Crippen molar-refractivity contribution >= 4 is 5.69 Å². The Morgan fingerprint density at radius 2 is 2.21 bits per heavy atom. The summed E-state index contributed by atoms with van der Waals surface area (Å²) in [5, 5.41) is 14.5. The summed E-state index contributed by atoms with van der Waals surface area (Å²) in [6.45, 7) is 3.60. The maximum absolute atomic E-state index is 11.9. The Morgan fingerprint density at radius 3 is 2.79 bits per heavy atom. The van der Waals surface area contributed by atoms with Gasteiger partial charge in [0.1, 0.15) is 0 Å². The van der Waals surface area contributed by atoms with E-state index in [9.17, 15) is 14.9 Å². The van der Waals surface area contributed by atoms with E-state index in [0.29, 0.717) is 23.8 Å². The smallest absolute Gasteiger partial charge is 0.334 e. The largest absolute Gasteiger partial charge is 0.339 e. The molecule has 0 aliphatic rings. The van der Waals surface area contributed by atoms with E-state index >= 15 is 0 Å². The number of nitrogens with zero attached hydrogens (tertiary/aromatic N) is 4. The van der Waals surface area contributed by atoms with Crippen LogP contribution in [0.25, 0.3) is 0 Å². The van der Waals surface area contributed by atoms with Crippen molar-refractivity contribution in [2.24, 2.45) is 0 Å². The van der Waals surface area contributed by atoms with Crippen molar-refractivity contribution in [2.45, 2.75) is 26.8 Å². The second-order valence-corrected chi connectivity index (χ2v) is 3.97. The summed E-state index contributed by atoms with van der Waals surface area (Å²) >= 11 is 0. The molecule has 0 aliphatic carbocycles. The molecule has 2 aromatic rings. The van der Waals surface area contributed by atoms with Gasteiger partial charge in [0.05, 0.1) is 11.5 Å². The molecule has 100 valence electrons. The zero-order valence-corrected chi connectivity index (χ0v) is 10.5. The van der Waals surface area contributed by atoms with Crippen molar-refractivity contribution in [2.75, 3.05) is 0 Å². The Labute approximate surface area is 107 Å². The lowest BCUT2D eigenvalue weighted by molar-refractivity contribution is -0.386. The molecule has 2 heterocycles. The van der Waals surface area contributed by atoms with Crippen LogP contribution in [0.15, 0.2) is 21.5 Å². The van der Waals surface area contributed by atoms with Gasteiger partial charge >= 0.3 is 11.2 Å². The zero-order chi connectivity index (χ0) is 14.0. The number of pyridine rings is 1. The monoisotopic (exact) mass is 264 g/mol. The maximum atomic E-state index is 11.9. The Balaban J connectivity index is 2.42. The van der Waals surface area contributed by atoms with Crippen LogP contribution in [0.4, 0.5) is 5.69 Å². The fourth-order valence-corrected chi connectivity index (χ4v) is 1.63. The first-order valence-electron chi connectivity index (χ1n) is 5.69. The molecule has 19 heavy (non-hydrogen) atoms. The number of aromatic nitrogens is 3. The lowest BCUT2D eigenvalue weighted by Gasteiger charge is -2.06. The molecule has 0 amide bonds. The fraction of sp³-hybridized carbons (Fsp3) is 0.364. The summed E-state index contributed by atoms with van der Waals surface area (Å²) in [6.07, 6.45) is 0.593. The third kappa shape index (κ3) is 2.51. The number of aryl methyl sites for hydroxylation is 2. The molecule has 0 fully saturated rings. The van der Waals surface area contributed by atoms with Crippen LogP contribution in [0.1, 0.15) is 24.3 Å². The lowest BCUT2D eigenvalue weighted by Crippen LogP contribution is -2.25. The van der Waals surface area contributed by atoms with Gasteiger partial charge in [0.25, 0.3) is 0 Å². The second kappa shape index (κ2) is 5.01. The van der Waals surface area contributed by atoms with E-state index in [-0.39, 0.29) is 6.54 Å². The predicted molar refractivity (Wildman–Crippen MR) is 64.9 cm³/mol. The topological polar surface area (TPSA) is 104 Å². The highest BCUT2D eigenvalue weighted by molar-refractivity contribution is 5.28. The van der Waals surface area contributed by atoms with Crippen LogP contribution in [0.5, 0.6) is 0 Å². The number of hydrogen-bond donors (Lipinski definition) is 0. The van der Waals surface area contributed by atoms with Gasteiger partial charge in [0.15, 0.2) is 5.82 Å². The van der Waals surface area contributed by atoms with Crippen molar-refractivity contribution < 1.29 is 9.45 Å². The standard InChI is InChI=1S/C11H12N4O4/c1-3-10-12-9(13-19-10)6-14-7(2)4-5-8(11(14)16)15(17)18/h4-5H,3,6H2,1-2H3. The van der Waals surface area contributed by atoms with Crippen LogP contribution in [0.3, 0.4) is 0 Å². The summed E-state index contributed by atoms with van der Waals surface area (Å²) < 4.78 is 6.19. The molecule has 0 spiro atoms. The lowest BCUT2D eigenvalue weighted by atomic mass is 10.3. The summed E-state index contributed by atoms with van der Waals surface area (Å²) in [6, 6.07) is 2.71. The van der Waals surface area contributed by atoms with Gasteiger partial charge in [-0.3, -0.25) is 19.5 Å². The molecule has 0 saturated carbocycles. The first-order chi connectivity index (χ1) is 9.02.